The van der Waals surface area contributed by atoms with Crippen molar-refractivity contribution in [2.45, 2.75) is 18.1 Å². The van der Waals surface area contributed by atoms with Crippen molar-refractivity contribution < 1.29 is 23.4 Å². The first kappa shape index (κ1) is 24.7. The van der Waals surface area contributed by atoms with E-state index >= 15 is 0 Å². The van der Waals surface area contributed by atoms with Crippen LogP contribution in [0.4, 0.5) is 20.3 Å². The average Bonchev–Trinajstić information content (AvgIpc) is 3.18. The van der Waals surface area contributed by atoms with Crippen molar-refractivity contribution in [3.63, 3.8) is 0 Å². The first-order valence-corrected chi connectivity index (χ1v) is 10.7. The highest BCUT2D eigenvalue weighted by atomic mass is 35.5. The topological polar surface area (TPSA) is 90.3 Å². The zero-order valence-corrected chi connectivity index (χ0v) is 19.4. The normalized spacial score (nSPS) is 16.2. The van der Waals surface area contributed by atoms with Gasteiger partial charge in [0.15, 0.2) is 0 Å². The third-order valence-corrected chi connectivity index (χ3v) is 4.98. The van der Waals surface area contributed by atoms with E-state index in [0.29, 0.717) is 36.6 Å². The lowest BCUT2D eigenvalue weighted by Crippen LogP contribution is -2.25. The molecule has 1 saturated heterocycles. The van der Waals surface area contributed by atoms with Crippen molar-refractivity contribution in [3.05, 3.63) is 47.7 Å². The van der Waals surface area contributed by atoms with Gasteiger partial charge in [0.1, 0.15) is 16.6 Å². The number of carbonyl (C=O) groups is 1. The molecule has 1 aromatic heterocycles. The Balaban J connectivity index is 1.82. The molecule has 1 atom stereocenters. The Morgan fingerprint density at radius 1 is 1.42 bits per heavy atom. The minimum Gasteiger partial charge on any atom is -0.420 e. The Bertz CT molecular complexity index is 1050. The highest BCUT2D eigenvalue weighted by Crippen LogP contribution is 2.27. The number of aliphatic imine (C=N–C) groups is 1. The fraction of sp³-hybridized carbons (Fsp3) is 0.333. The summed E-state index contributed by atoms with van der Waals surface area (Å²) in [6, 6.07) is 6.89. The monoisotopic (exact) mass is 497 g/mol. The quantitative estimate of drug-likeness (QED) is 0.262. The molecular weight excluding hydrogens is 476 g/mol. The highest BCUT2D eigenvalue weighted by Gasteiger charge is 2.28. The Labute approximate surface area is 199 Å². The number of thiocarbonyl (C=S) groups is 1. The molecule has 12 heteroatoms. The van der Waals surface area contributed by atoms with Gasteiger partial charge in [-0.2, -0.15) is 0 Å². The molecule has 0 spiro atoms. The summed E-state index contributed by atoms with van der Waals surface area (Å²) in [6.45, 7) is 1.00. The molecule has 0 radical (unpaired) electrons. The van der Waals surface area contributed by atoms with Gasteiger partial charge in [0.25, 0.3) is 5.91 Å². The van der Waals surface area contributed by atoms with Gasteiger partial charge in [0, 0.05) is 50.7 Å². The summed E-state index contributed by atoms with van der Waals surface area (Å²) in [4.78, 5) is 25.3. The largest absolute Gasteiger partial charge is 0.487 e. The van der Waals surface area contributed by atoms with E-state index in [2.05, 4.69) is 20.0 Å². The zero-order chi connectivity index (χ0) is 24.2. The van der Waals surface area contributed by atoms with Crippen LogP contribution in [0.5, 0.6) is 5.75 Å². The van der Waals surface area contributed by atoms with E-state index in [1.54, 1.807) is 31.4 Å². The minimum absolute atomic E-state index is 0.154. The van der Waals surface area contributed by atoms with Gasteiger partial charge in [-0.3, -0.25) is 4.79 Å². The second-order valence-electron chi connectivity index (χ2n) is 7.52. The van der Waals surface area contributed by atoms with Crippen LogP contribution >= 0.6 is 23.8 Å². The number of aromatic nitrogens is 1. The first-order chi connectivity index (χ1) is 15.5. The van der Waals surface area contributed by atoms with Gasteiger partial charge in [-0.1, -0.05) is 12.2 Å². The number of ether oxygens (including phenoxy) is 1. The van der Waals surface area contributed by atoms with Gasteiger partial charge < -0.3 is 25.0 Å². The number of benzene rings is 1. The first-order valence-electron chi connectivity index (χ1n) is 9.87. The lowest BCUT2D eigenvalue weighted by molar-refractivity contribution is -0.0964. The van der Waals surface area contributed by atoms with Gasteiger partial charge in [0.2, 0.25) is 0 Å². The molecule has 0 unspecified atom stereocenters. The Hall–Kier alpha value is -2.89. The predicted molar refractivity (Wildman–Crippen MR) is 127 cm³/mol. The van der Waals surface area contributed by atoms with Crippen LogP contribution in [0.2, 0.25) is 0 Å². The van der Waals surface area contributed by atoms with E-state index in [1.165, 1.54) is 30.5 Å². The van der Waals surface area contributed by atoms with Crippen LogP contribution in [0.1, 0.15) is 22.3 Å². The number of nitrogens with zero attached hydrogens (tertiary/aromatic N) is 4. The number of pyridine rings is 1. The van der Waals surface area contributed by atoms with Crippen molar-refractivity contribution in [2.75, 3.05) is 37.4 Å². The number of nitrogens with one attached hydrogen (secondary N) is 1. The fourth-order valence-electron chi connectivity index (χ4n) is 3.11. The summed E-state index contributed by atoms with van der Waals surface area (Å²) >= 11 is 10.2. The summed E-state index contributed by atoms with van der Waals surface area (Å²) in [6.07, 6.45) is 3.09. The molecule has 0 aliphatic carbocycles. The molecule has 33 heavy (non-hydrogen) atoms. The van der Waals surface area contributed by atoms with Crippen LogP contribution in [0.15, 0.2) is 41.5 Å². The van der Waals surface area contributed by atoms with E-state index in [4.69, 9.17) is 23.8 Å². The van der Waals surface area contributed by atoms with Crippen molar-refractivity contribution in [1.29, 1.82) is 0 Å². The van der Waals surface area contributed by atoms with Crippen LogP contribution in [0, 0.1) is 0 Å². The summed E-state index contributed by atoms with van der Waals surface area (Å²) < 4.78 is 29.7. The molecule has 0 bridgehead atoms. The molecule has 1 aliphatic heterocycles. The molecular formula is C21H22ClF2N5O3S. The lowest BCUT2D eigenvalue weighted by atomic mass is 10.1. The van der Waals surface area contributed by atoms with Crippen molar-refractivity contribution in [2.24, 2.45) is 4.99 Å². The number of hydrogen-bond donors (Lipinski definition) is 2. The number of alkyl halides is 3. The Morgan fingerprint density at radius 2 is 2.12 bits per heavy atom. The Kier molecular flexibility index (Phi) is 7.77. The van der Waals surface area contributed by atoms with Crippen molar-refractivity contribution in [3.8, 4) is 5.75 Å². The van der Waals surface area contributed by atoms with Crippen LogP contribution in [-0.2, 0) is 0 Å². The molecule has 0 saturated carbocycles. The number of anilines is 2. The van der Waals surface area contributed by atoms with Gasteiger partial charge in [0.05, 0.1) is 23.6 Å². The maximum atomic E-state index is 12.8. The average molecular weight is 498 g/mol. The highest BCUT2D eigenvalue weighted by molar-refractivity contribution is 7.80. The minimum atomic E-state index is -3.83. The van der Waals surface area contributed by atoms with Crippen molar-refractivity contribution in [1.82, 2.24) is 9.88 Å². The number of aliphatic hydroxyl groups excluding tert-OH is 1. The number of hydrogen-bond acceptors (Lipinski definition) is 6. The predicted octanol–water partition coefficient (Wildman–Crippen LogP) is 3.34. The standard InChI is InChI=1S/C21H22ClF2N5O3S/c1-28(2)12-26-20(33)17-9-13(10-25-18(17)29-8-7-15(30)11-29)19(31)27-14-3-5-16(6-4-14)32-21(22,23)24/h3-6,9-10,12,15,30H,7-8,11H2,1-2H3,(H,27,31)/b26-12+/t15-/m1/s1. The van der Waals surface area contributed by atoms with Crippen LogP contribution in [0.3, 0.4) is 0 Å². The van der Waals surface area contributed by atoms with E-state index in [-0.39, 0.29) is 16.3 Å². The van der Waals surface area contributed by atoms with Crippen LogP contribution in [-0.4, -0.2) is 71.1 Å². The van der Waals surface area contributed by atoms with Crippen molar-refractivity contribution >= 4 is 52.6 Å². The van der Waals surface area contributed by atoms with E-state index in [9.17, 15) is 18.7 Å². The number of aliphatic hydroxyl groups is 1. The van der Waals surface area contributed by atoms with E-state index in [1.807, 2.05) is 4.90 Å². The van der Waals surface area contributed by atoms with Crippen LogP contribution < -0.4 is 15.0 Å². The molecule has 1 aromatic carbocycles. The third kappa shape index (κ3) is 7.04. The molecule has 1 aliphatic rings. The zero-order valence-electron chi connectivity index (χ0n) is 17.8. The number of rotatable bonds is 7. The smallest absolute Gasteiger partial charge is 0.420 e. The second kappa shape index (κ2) is 10.4. The molecule has 2 aromatic rings. The SMILES string of the molecule is CN(C)/C=N/C(=S)c1cc(C(=O)Nc2ccc(OC(F)(F)Cl)cc2)cnc1N1CC[C@@H](O)C1. The molecule has 3 rings (SSSR count). The number of halogens is 3. The second-order valence-corrected chi connectivity index (χ2v) is 8.35. The van der Waals surface area contributed by atoms with Gasteiger partial charge in [-0.05, 0) is 36.8 Å². The molecule has 2 N–H and O–H groups in total. The van der Waals surface area contributed by atoms with Gasteiger partial charge in [-0.25, -0.2) is 9.98 Å². The fourth-order valence-corrected chi connectivity index (χ4v) is 3.39. The van der Waals surface area contributed by atoms with Crippen LogP contribution in [0.25, 0.3) is 0 Å². The maximum absolute atomic E-state index is 12.8. The summed E-state index contributed by atoms with van der Waals surface area (Å²) in [5, 5.41) is 12.6. The molecule has 1 amide bonds. The third-order valence-electron chi connectivity index (χ3n) is 4.57. The summed E-state index contributed by atoms with van der Waals surface area (Å²) in [7, 11) is 3.60. The van der Waals surface area contributed by atoms with Gasteiger partial charge in [-0.15, -0.1) is 8.78 Å². The number of amides is 1. The molecule has 1 fully saturated rings. The van der Waals surface area contributed by atoms with Gasteiger partial charge >= 0.3 is 5.57 Å². The number of β-amino-alcohol motifs (C(OH)–C–C–N with tert-alkyl or cyclic N) is 1. The molecule has 2 heterocycles. The summed E-state index contributed by atoms with van der Waals surface area (Å²) in [5.74, 6) is -0.0989. The maximum Gasteiger partial charge on any atom is 0.487 e. The number of carbonyl (C=O) groups excluding carboxylic acids is 1. The molecule has 8 nitrogen and oxygen atoms in total. The summed E-state index contributed by atoms with van der Waals surface area (Å²) in [5.41, 5.74) is -2.76. The Morgan fingerprint density at radius 3 is 2.70 bits per heavy atom. The van der Waals surface area contributed by atoms with E-state index < -0.39 is 17.6 Å². The lowest BCUT2D eigenvalue weighted by Gasteiger charge is -2.20. The van der Waals surface area contributed by atoms with E-state index in [0.717, 1.165) is 0 Å². The molecule has 176 valence electrons.